The van der Waals surface area contributed by atoms with E-state index >= 15 is 8.78 Å². The Kier molecular flexibility index (Phi) is 7.70. The van der Waals surface area contributed by atoms with E-state index < -0.39 is 57.6 Å². The molecule has 1 amide bonds. The molecule has 1 fully saturated rings. The second kappa shape index (κ2) is 11.1. The molecule has 1 aromatic carbocycles. The highest BCUT2D eigenvalue weighted by Gasteiger charge is 2.33. The highest BCUT2D eigenvalue weighted by Crippen LogP contribution is 2.39. The van der Waals surface area contributed by atoms with Crippen molar-refractivity contribution in [2.75, 3.05) is 54.9 Å². The van der Waals surface area contributed by atoms with Gasteiger partial charge in [0.1, 0.15) is 17.2 Å². The van der Waals surface area contributed by atoms with Gasteiger partial charge >= 0.3 is 6.18 Å². The maximum atomic E-state index is 16.3. The van der Waals surface area contributed by atoms with Crippen molar-refractivity contribution in [1.82, 2.24) is 19.9 Å². The zero-order valence-corrected chi connectivity index (χ0v) is 22.4. The van der Waals surface area contributed by atoms with Crippen LogP contribution < -0.4 is 20.7 Å². The van der Waals surface area contributed by atoms with E-state index in [2.05, 4.69) is 15.3 Å². The summed E-state index contributed by atoms with van der Waals surface area (Å²) in [6.07, 6.45) is -1.46. The number of hydrogen-bond acceptors (Lipinski definition) is 7. The van der Waals surface area contributed by atoms with Crippen LogP contribution in [0.4, 0.5) is 43.7 Å². The predicted molar refractivity (Wildman–Crippen MR) is 143 cm³/mol. The number of carbonyl (C=O) groups excluding carboxylic acids is 1. The Morgan fingerprint density at radius 1 is 1.07 bits per heavy atom. The Morgan fingerprint density at radius 3 is 2.45 bits per heavy atom. The number of pyridine rings is 1. The largest absolute Gasteiger partial charge is 0.416 e. The summed E-state index contributed by atoms with van der Waals surface area (Å²) in [6, 6.07) is 1.79. The molecule has 3 aromatic rings. The molecule has 15 heteroatoms. The molecule has 42 heavy (non-hydrogen) atoms. The van der Waals surface area contributed by atoms with Crippen molar-refractivity contribution in [3.8, 4) is 0 Å². The lowest BCUT2D eigenvalue weighted by Crippen LogP contribution is -2.50. The van der Waals surface area contributed by atoms with Crippen LogP contribution in [0.2, 0.25) is 0 Å². The van der Waals surface area contributed by atoms with Gasteiger partial charge in [-0.2, -0.15) is 13.2 Å². The molecule has 0 unspecified atom stereocenters. The Morgan fingerprint density at radius 2 is 1.79 bits per heavy atom. The first kappa shape index (κ1) is 29.1. The first-order chi connectivity index (χ1) is 19.8. The van der Waals surface area contributed by atoms with Gasteiger partial charge in [0.2, 0.25) is 11.5 Å². The van der Waals surface area contributed by atoms with Crippen LogP contribution in [0.5, 0.6) is 0 Å². The molecule has 9 nitrogen and oxygen atoms in total. The monoisotopic (exact) mass is 593 g/mol. The quantitative estimate of drug-likeness (QED) is 0.434. The molecule has 1 saturated heterocycles. The minimum atomic E-state index is -4.91. The molecule has 1 atom stereocenters. The molecule has 2 aliphatic rings. The molecular weight excluding hydrogens is 568 g/mol. The Hall–Kier alpha value is -4.40. The summed E-state index contributed by atoms with van der Waals surface area (Å²) in [4.78, 5) is 40.1. The summed E-state index contributed by atoms with van der Waals surface area (Å²) < 4.78 is 85.1. The molecule has 222 valence electrons. The highest BCUT2D eigenvalue weighted by molar-refractivity contribution is 6.05. The second-order valence-corrected chi connectivity index (χ2v) is 10.1. The third kappa shape index (κ3) is 5.82. The Labute approximate surface area is 235 Å². The fourth-order valence-corrected chi connectivity index (χ4v) is 4.90. The van der Waals surface area contributed by atoms with Gasteiger partial charge in [0.05, 0.1) is 29.2 Å². The zero-order chi connectivity index (χ0) is 30.3. The lowest BCUT2D eigenvalue weighted by Gasteiger charge is -2.39. The first-order valence-electron chi connectivity index (χ1n) is 12.8. The molecule has 4 heterocycles. The van der Waals surface area contributed by atoms with Crippen molar-refractivity contribution in [2.24, 2.45) is 0 Å². The van der Waals surface area contributed by atoms with Crippen molar-refractivity contribution in [3.63, 3.8) is 0 Å². The third-order valence-electron chi connectivity index (χ3n) is 7.28. The number of hydrogen-bond donors (Lipinski definition) is 2. The molecule has 0 saturated carbocycles. The van der Waals surface area contributed by atoms with Gasteiger partial charge in [-0.05, 0) is 25.6 Å². The molecule has 0 radical (unpaired) electrons. The number of alkyl halides is 3. The van der Waals surface area contributed by atoms with Gasteiger partial charge in [-0.25, -0.2) is 23.1 Å². The van der Waals surface area contributed by atoms with E-state index in [1.165, 1.54) is 6.08 Å². The number of nitrogens with one attached hydrogen (secondary N) is 2. The van der Waals surface area contributed by atoms with E-state index in [4.69, 9.17) is 0 Å². The van der Waals surface area contributed by atoms with Gasteiger partial charge < -0.3 is 25.0 Å². The van der Waals surface area contributed by atoms with Crippen LogP contribution >= 0.6 is 0 Å². The van der Waals surface area contributed by atoms with Crippen LogP contribution in [-0.4, -0.2) is 71.6 Å². The Bertz CT molecular complexity index is 1610. The van der Waals surface area contributed by atoms with E-state index in [-0.39, 0.29) is 36.3 Å². The van der Waals surface area contributed by atoms with Crippen LogP contribution in [0.3, 0.4) is 0 Å². The average molecular weight is 594 g/mol. The predicted octanol–water partition coefficient (Wildman–Crippen LogP) is 3.90. The number of H-pyrrole nitrogens is 1. The third-order valence-corrected chi connectivity index (χ3v) is 7.28. The number of piperazine rings is 1. The van der Waals surface area contributed by atoms with Gasteiger partial charge in [-0.1, -0.05) is 6.08 Å². The number of likely N-dealkylation sites (N-methyl/N-ethyl adjacent to an activating group) is 1. The molecule has 0 spiro atoms. The minimum Gasteiger partial charge on any atom is -0.367 e. The number of halogens is 6. The lowest BCUT2D eigenvalue weighted by molar-refractivity contribution is -0.137. The summed E-state index contributed by atoms with van der Waals surface area (Å²) in [5.41, 5.74) is -4.01. The van der Waals surface area contributed by atoms with Crippen molar-refractivity contribution in [2.45, 2.75) is 19.1 Å². The summed E-state index contributed by atoms with van der Waals surface area (Å²) in [6.45, 7) is 3.26. The average Bonchev–Trinajstić information content (AvgIpc) is 3.41. The smallest absolute Gasteiger partial charge is 0.367 e. The number of rotatable bonds is 5. The van der Waals surface area contributed by atoms with Crippen LogP contribution in [0, 0.1) is 17.5 Å². The van der Waals surface area contributed by atoms with Crippen LogP contribution in [0.25, 0.3) is 5.57 Å². The molecule has 2 N–H and O–H groups in total. The first-order valence-corrected chi connectivity index (χ1v) is 12.8. The maximum absolute atomic E-state index is 16.3. The summed E-state index contributed by atoms with van der Waals surface area (Å²) >= 11 is 0. The molecule has 2 aromatic heterocycles. The minimum absolute atomic E-state index is 0.00584. The molecule has 0 aliphatic carbocycles. The van der Waals surface area contributed by atoms with Crippen LogP contribution in [0.1, 0.15) is 28.5 Å². The number of aromatic amines is 1. The molecule has 2 aliphatic heterocycles. The van der Waals surface area contributed by atoms with E-state index in [1.807, 2.05) is 23.9 Å². The van der Waals surface area contributed by atoms with Crippen molar-refractivity contribution < 1.29 is 31.1 Å². The topological polar surface area (TPSA) is 97.5 Å². The van der Waals surface area contributed by atoms with Crippen molar-refractivity contribution in [3.05, 3.63) is 81.3 Å². The fraction of sp³-hybridized carbons (Fsp3) is 0.333. The Balaban J connectivity index is 1.54. The van der Waals surface area contributed by atoms with Crippen molar-refractivity contribution >= 4 is 28.8 Å². The molecule has 5 rings (SSSR count). The summed E-state index contributed by atoms with van der Waals surface area (Å²) in [5.74, 6) is -3.81. The van der Waals surface area contributed by atoms with E-state index in [1.54, 1.807) is 9.80 Å². The van der Waals surface area contributed by atoms with Gasteiger partial charge in [0.15, 0.2) is 11.6 Å². The number of aromatic nitrogens is 3. The lowest BCUT2D eigenvalue weighted by atomic mass is 10.0. The molecule has 0 bridgehead atoms. The maximum Gasteiger partial charge on any atom is 0.416 e. The number of benzene rings is 1. The van der Waals surface area contributed by atoms with Gasteiger partial charge in [-0.15, -0.1) is 0 Å². The number of carbonyl (C=O) groups is 1. The SMILES string of the molecule is C[C@H]1CN(c2cc(F)c(C3=CCN(c4ncc(F)cn4)C3)c(F)c2NC(=O)c2cc(C(F)(F)F)cc(=O)[nH]2)CCN1C. The highest BCUT2D eigenvalue weighted by atomic mass is 19.4. The number of amides is 1. The van der Waals surface area contributed by atoms with E-state index in [0.717, 1.165) is 18.5 Å². The van der Waals surface area contributed by atoms with E-state index in [0.29, 0.717) is 31.8 Å². The van der Waals surface area contributed by atoms with Gasteiger partial charge in [0, 0.05) is 50.9 Å². The van der Waals surface area contributed by atoms with E-state index in [9.17, 15) is 27.2 Å². The number of anilines is 3. The van der Waals surface area contributed by atoms with Crippen LogP contribution in [-0.2, 0) is 6.18 Å². The fourth-order valence-electron chi connectivity index (χ4n) is 4.90. The second-order valence-electron chi connectivity index (χ2n) is 10.1. The standard InChI is InChI=1S/C27H25F6N7O2/c1-14-12-39(6-5-38(14)2)20-9-18(29)22(15-3-4-40(13-15)26-34-10-17(28)11-35-26)23(30)24(20)37-25(42)19-7-16(27(31,32)33)8-21(41)36-19/h3,7-11,14H,4-6,12-13H2,1-2H3,(H,36,41)(H,37,42)/t14-/m0/s1. The van der Waals surface area contributed by atoms with Crippen LogP contribution in [0.15, 0.2) is 41.5 Å². The zero-order valence-electron chi connectivity index (χ0n) is 22.4. The molecular formula is C27H25F6N7O2. The van der Waals surface area contributed by atoms with Gasteiger partial charge in [0.25, 0.3) is 5.91 Å². The normalized spacial score (nSPS) is 17.9. The summed E-state index contributed by atoms with van der Waals surface area (Å²) in [5, 5.41) is 2.28. The number of nitrogens with zero attached hydrogens (tertiary/aromatic N) is 5. The van der Waals surface area contributed by atoms with Gasteiger partial charge in [-0.3, -0.25) is 9.59 Å². The van der Waals surface area contributed by atoms with Crippen molar-refractivity contribution in [1.29, 1.82) is 0 Å². The summed E-state index contributed by atoms with van der Waals surface area (Å²) in [7, 11) is 1.89.